The van der Waals surface area contributed by atoms with Crippen LogP contribution in [0.25, 0.3) is 0 Å². The second-order valence-corrected chi connectivity index (χ2v) is 6.02. The Balaban J connectivity index is 1.66. The Morgan fingerprint density at radius 2 is 2.24 bits per heavy atom. The molecule has 21 heavy (non-hydrogen) atoms. The van der Waals surface area contributed by atoms with Gasteiger partial charge in [-0.3, -0.25) is 4.79 Å². The maximum atomic E-state index is 10.7. The Hall–Kier alpha value is -1.55. The molecule has 1 unspecified atom stereocenters. The topological polar surface area (TPSA) is 49.8 Å². The van der Waals surface area contributed by atoms with Crippen molar-refractivity contribution >= 4 is 5.97 Å². The van der Waals surface area contributed by atoms with E-state index in [1.807, 2.05) is 0 Å². The fourth-order valence-corrected chi connectivity index (χ4v) is 2.86. The molecular formula is C17H25NO3. The van der Waals surface area contributed by atoms with Gasteiger partial charge in [0.2, 0.25) is 0 Å². The summed E-state index contributed by atoms with van der Waals surface area (Å²) in [5.41, 5.74) is 2.38. The maximum absolute atomic E-state index is 10.7. The number of rotatable bonds is 7. The molecule has 1 saturated heterocycles. The molecule has 1 aliphatic heterocycles. The van der Waals surface area contributed by atoms with Crippen LogP contribution in [0.3, 0.4) is 0 Å². The lowest BCUT2D eigenvalue weighted by atomic mass is 10.1. The Morgan fingerprint density at radius 1 is 1.43 bits per heavy atom. The Kier molecular flexibility index (Phi) is 5.62. The van der Waals surface area contributed by atoms with Crippen molar-refractivity contribution in [3.05, 3.63) is 29.3 Å². The van der Waals surface area contributed by atoms with Gasteiger partial charge in [0.1, 0.15) is 5.75 Å². The molecule has 0 saturated carbocycles. The van der Waals surface area contributed by atoms with Crippen molar-refractivity contribution in [3.63, 3.8) is 0 Å². The zero-order valence-corrected chi connectivity index (χ0v) is 13.0. The van der Waals surface area contributed by atoms with Crippen LogP contribution in [0.15, 0.2) is 18.2 Å². The molecule has 0 aliphatic carbocycles. The van der Waals surface area contributed by atoms with Gasteiger partial charge in [0, 0.05) is 19.5 Å². The molecule has 1 fully saturated rings. The van der Waals surface area contributed by atoms with Gasteiger partial charge in [-0.25, -0.2) is 0 Å². The summed E-state index contributed by atoms with van der Waals surface area (Å²) in [7, 11) is 0. The number of hydrogen-bond donors (Lipinski definition) is 1. The monoisotopic (exact) mass is 291 g/mol. The van der Waals surface area contributed by atoms with E-state index in [-0.39, 0.29) is 0 Å². The molecule has 0 spiro atoms. The van der Waals surface area contributed by atoms with Crippen LogP contribution >= 0.6 is 0 Å². The molecule has 1 aromatic rings. The minimum Gasteiger partial charge on any atom is -0.493 e. The van der Waals surface area contributed by atoms with Gasteiger partial charge in [-0.1, -0.05) is 12.1 Å². The van der Waals surface area contributed by atoms with Crippen molar-refractivity contribution in [2.24, 2.45) is 5.92 Å². The predicted molar refractivity (Wildman–Crippen MR) is 82.8 cm³/mol. The molecule has 0 amide bonds. The lowest BCUT2D eigenvalue weighted by Crippen LogP contribution is -2.24. The quantitative estimate of drug-likeness (QED) is 0.785. The molecule has 1 heterocycles. The van der Waals surface area contributed by atoms with Crippen LogP contribution in [0.1, 0.15) is 30.4 Å². The van der Waals surface area contributed by atoms with Crippen LogP contribution in [0.2, 0.25) is 0 Å². The van der Waals surface area contributed by atoms with E-state index < -0.39 is 5.97 Å². The number of aliphatic carboxylic acids is 1. The third kappa shape index (κ3) is 5.05. The smallest absolute Gasteiger partial charge is 0.303 e. The van der Waals surface area contributed by atoms with E-state index in [4.69, 9.17) is 9.84 Å². The highest BCUT2D eigenvalue weighted by molar-refractivity contribution is 5.67. The maximum Gasteiger partial charge on any atom is 0.303 e. The third-order valence-corrected chi connectivity index (χ3v) is 4.05. The first-order chi connectivity index (χ1) is 10.0. The average molecular weight is 291 g/mol. The van der Waals surface area contributed by atoms with E-state index in [0.717, 1.165) is 38.2 Å². The van der Waals surface area contributed by atoms with E-state index in [9.17, 15) is 4.79 Å². The highest BCUT2D eigenvalue weighted by atomic mass is 16.5. The molecule has 1 aromatic carbocycles. The van der Waals surface area contributed by atoms with E-state index in [1.165, 1.54) is 11.1 Å². The van der Waals surface area contributed by atoms with Gasteiger partial charge in [0.05, 0.1) is 6.61 Å². The van der Waals surface area contributed by atoms with Crippen molar-refractivity contribution in [2.45, 2.75) is 33.1 Å². The summed E-state index contributed by atoms with van der Waals surface area (Å²) in [6, 6.07) is 6.25. The Morgan fingerprint density at radius 3 is 3.00 bits per heavy atom. The summed E-state index contributed by atoms with van der Waals surface area (Å²) in [5.74, 6) is 0.614. The minimum atomic E-state index is -0.680. The van der Waals surface area contributed by atoms with Crippen LogP contribution in [-0.2, 0) is 4.79 Å². The fraction of sp³-hybridized carbons (Fsp3) is 0.588. The van der Waals surface area contributed by atoms with Gasteiger partial charge in [-0.2, -0.15) is 0 Å². The largest absolute Gasteiger partial charge is 0.493 e. The molecule has 4 heteroatoms. The summed E-state index contributed by atoms with van der Waals surface area (Å²) in [6.45, 7) is 7.76. The van der Waals surface area contributed by atoms with E-state index >= 15 is 0 Å². The van der Waals surface area contributed by atoms with Crippen molar-refractivity contribution in [1.29, 1.82) is 0 Å². The lowest BCUT2D eigenvalue weighted by molar-refractivity contribution is -0.138. The van der Waals surface area contributed by atoms with Gasteiger partial charge >= 0.3 is 5.97 Å². The first-order valence-corrected chi connectivity index (χ1v) is 7.69. The molecule has 0 bridgehead atoms. The van der Waals surface area contributed by atoms with Gasteiger partial charge in [0.15, 0.2) is 0 Å². The molecule has 4 nitrogen and oxygen atoms in total. The fourth-order valence-electron chi connectivity index (χ4n) is 2.86. The summed E-state index contributed by atoms with van der Waals surface area (Å²) < 4.78 is 5.85. The van der Waals surface area contributed by atoms with Crippen LogP contribution in [0, 0.1) is 19.8 Å². The standard InChI is InChI=1S/C17H25NO3/c1-13-4-5-14(2)16(10-13)21-9-3-7-18-8-6-15(12-18)11-17(19)20/h4-5,10,15H,3,6-9,11-12H2,1-2H3,(H,19,20). The second kappa shape index (κ2) is 7.46. The Labute approximate surface area is 126 Å². The first kappa shape index (κ1) is 15.8. The molecule has 0 radical (unpaired) electrons. The zero-order valence-electron chi connectivity index (χ0n) is 13.0. The van der Waals surface area contributed by atoms with Gasteiger partial charge in [-0.15, -0.1) is 0 Å². The molecule has 116 valence electrons. The summed E-state index contributed by atoms with van der Waals surface area (Å²) in [6.07, 6.45) is 2.28. The first-order valence-electron chi connectivity index (χ1n) is 7.69. The average Bonchev–Trinajstić information content (AvgIpc) is 2.85. The molecule has 1 aliphatic rings. The number of benzene rings is 1. The van der Waals surface area contributed by atoms with Crippen molar-refractivity contribution < 1.29 is 14.6 Å². The predicted octanol–water partition coefficient (Wildman–Crippen LogP) is 2.87. The number of aryl methyl sites for hydroxylation is 2. The highest BCUT2D eigenvalue weighted by Gasteiger charge is 2.23. The van der Waals surface area contributed by atoms with Crippen LogP contribution < -0.4 is 4.74 Å². The normalized spacial score (nSPS) is 18.9. The number of carboxylic acid groups (broad SMARTS) is 1. The van der Waals surface area contributed by atoms with Crippen LogP contribution in [0.5, 0.6) is 5.75 Å². The minimum absolute atomic E-state index is 0.301. The SMILES string of the molecule is Cc1ccc(C)c(OCCCN2CCC(CC(=O)O)C2)c1. The summed E-state index contributed by atoms with van der Waals surface area (Å²) >= 11 is 0. The number of nitrogens with zero attached hydrogens (tertiary/aromatic N) is 1. The van der Waals surface area contributed by atoms with Gasteiger partial charge in [-0.05, 0) is 56.3 Å². The number of carboxylic acids is 1. The molecule has 2 rings (SSSR count). The Bertz CT molecular complexity index is 487. The van der Waals surface area contributed by atoms with Crippen LogP contribution in [-0.4, -0.2) is 42.2 Å². The van der Waals surface area contributed by atoms with Crippen molar-refractivity contribution in [3.8, 4) is 5.75 Å². The van der Waals surface area contributed by atoms with E-state index in [1.54, 1.807) is 0 Å². The third-order valence-electron chi connectivity index (χ3n) is 4.05. The molecule has 0 aromatic heterocycles. The molecular weight excluding hydrogens is 266 g/mol. The zero-order chi connectivity index (χ0) is 15.2. The second-order valence-electron chi connectivity index (χ2n) is 6.02. The molecule has 1 atom stereocenters. The van der Waals surface area contributed by atoms with Gasteiger partial charge < -0.3 is 14.7 Å². The summed E-state index contributed by atoms with van der Waals surface area (Å²) in [5, 5.41) is 8.81. The van der Waals surface area contributed by atoms with E-state index in [0.29, 0.717) is 18.9 Å². The van der Waals surface area contributed by atoms with Crippen molar-refractivity contribution in [2.75, 3.05) is 26.2 Å². The highest BCUT2D eigenvalue weighted by Crippen LogP contribution is 2.21. The number of ether oxygens (including phenoxy) is 1. The molecule has 1 N–H and O–H groups in total. The van der Waals surface area contributed by atoms with Crippen molar-refractivity contribution in [1.82, 2.24) is 4.90 Å². The number of hydrogen-bond acceptors (Lipinski definition) is 3. The van der Waals surface area contributed by atoms with E-state index in [2.05, 4.69) is 36.9 Å². The summed E-state index contributed by atoms with van der Waals surface area (Å²) in [4.78, 5) is 13.0. The lowest BCUT2D eigenvalue weighted by Gasteiger charge is -2.16. The van der Waals surface area contributed by atoms with Crippen LogP contribution in [0.4, 0.5) is 0 Å². The van der Waals surface area contributed by atoms with Gasteiger partial charge in [0.25, 0.3) is 0 Å². The number of likely N-dealkylation sites (tertiary alicyclic amines) is 1. The number of carbonyl (C=O) groups is 1.